The van der Waals surface area contributed by atoms with Crippen LogP contribution in [0.3, 0.4) is 0 Å². The molecule has 0 saturated carbocycles. The van der Waals surface area contributed by atoms with Crippen molar-refractivity contribution in [2.45, 2.75) is 20.3 Å². The first-order chi connectivity index (χ1) is 6.19. The lowest BCUT2D eigenvalue weighted by Gasteiger charge is -2.32. The molecule has 3 nitrogen and oxygen atoms in total. The van der Waals surface area contributed by atoms with Gasteiger partial charge in [-0.3, -0.25) is 0 Å². The molecule has 1 heterocycles. The quantitative estimate of drug-likeness (QED) is 0.468. The Bertz CT molecular complexity index is 338. The minimum absolute atomic E-state index is 0.0660. The minimum atomic E-state index is -0.0660. The lowest BCUT2D eigenvalue weighted by molar-refractivity contribution is 0.467. The van der Waals surface area contributed by atoms with Gasteiger partial charge in [0.1, 0.15) is 0 Å². The third-order valence-corrected chi connectivity index (χ3v) is 3.32. The summed E-state index contributed by atoms with van der Waals surface area (Å²) in [5.41, 5.74) is 2.03. The van der Waals surface area contributed by atoms with E-state index in [0.717, 1.165) is 12.1 Å². The Morgan fingerprint density at radius 1 is 1.69 bits per heavy atom. The molecule has 2 unspecified atom stereocenters. The molecule has 0 aromatic heterocycles. The second-order valence-electron chi connectivity index (χ2n) is 3.83. The summed E-state index contributed by atoms with van der Waals surface area (Å²) in [7, 11) is 0. The van der Waals surface area contributed by atoms with Gasteiger partial charge in [0.25, 0.3) is 0 Å². The summed E-state index contributed by atoms with van der Waals surface area (Å²) in [4.78, 5) is 0. The van der Waals surface area contributed by atoms with E-state index in [-0.39, 0.29) is 5.41 Å². The molecule has 1 aliphatic heterocycles. The summed E-state index contributed by atoms with van der Waals surface area (Å²) in [6, 6.07) is 0. The predicted molar refractivity (Wildman–Crippen MR) is 54.7 cm³/mol. The monoisotopic (exact) mass is 175 g/mol. The van der Waals surface area contributed by atoms with Crippen LogP contribution in [-0.4, -0.2) is 18.1 Å². The Labute approximate surface area is 77.8 Å². The average molecular weight is 175 g/mol. The van der Waals surface area contributed by atoms with Gasteiger partial charge < -0.3 is 5.41 Å². The van der Waals surface area contributed by atoms with Crippen LogP contribution in [0.2, 0.25) is 0 Å². The van der Waals surface area contributed by atoms with Crippen LogP contribution in [0.1, 0.15) is 20.3 Å². The molecule has 0 saturated heterocycles. The van der Waals surface area contributed by atoms with Crippen LogP contribution < -0.4 is 0 Å². The summed E-state index contributed by atoms with van der Waals surface area (Å²) in [6.45, 7) is 4.25. The van der Waals surface area contributed by atoms with Crippen LogP contribution in [0, 0.1) is 16.7 Å². The smallest absolute Gasteiger partial charge is 0.0911 e. The lowest BCUT2D eigenvalue weighted by Crippen LogP contribution is -2.37. The molecule has 2 rings (SSSR count). The summed E-state index contributed by atoms with van der Waals surface area (Å²) < 4.78 is 0. The highest BCUT2D eigenvalue weighted by Crippen LogP contribution is 2.44. The average Bonchev–Trinajstić information content (AvgIpc) is 2.43. The Hall–Kier alpha value is -1.25. The Morgan fingerprint density at radius 2 is 2.46 bits per heavy atom. The minimum Gasteiger partial charge on any atom is -0.307 e. The van der Waals surface area contributed by atoms with Crippen LogP contribution in [0.4, 0.5) is 0 Å². The fourth-order valence-electron chi connectivity index (χ4n) is 2.10. The van der Waals surface area contributed by atoms with E-state index in [0.29, 0.717) is 5.92 Å². The topological polar surface area (TPSA) is 48.6 Å². The van der Waals surface area contributed by atoms with Crippen molar-refractivity contribution in [1.29, 1.82) is 5.41 Å². The van der Waals surface area contributed by atoms with Crippen molar-refractivity contribution in [2.24, 2.45) is 21.5 Å². The molecule has 2 atom stereocenters. The van der Waals surface area contributed by atoms with Crippen molar-refractivity contribution in [1.82, 2.24) is 0 Å². The van der Waals surface area contributed by atoms with Crippen molar-refractivity contribution in [3.05, 3.63) is 11.6 Å². The van der Waals surface area contributed by atoms with E-state index in [1.54, 1.807) is 0 Å². The molecule has 0 amide bonds. The highest BCUT2D eigenvalue weighted by molar-refractivity contribution is 6.33. The Balaban J connectivity index is 2.50. The molecule has 0 bridgehead atoms. The number of rotatable bonds is 1. The van der Waals surface area contributed by atoms with Crippen molar-refractivity contribution < 1.29 is 0 Å². The van der Waals surface area contributed by atoms with Crippen LogP contribution in [-0.2, 0) is 0 Å². The molecule has 0 fully saturated rings. The van der Waals surface area contributed by atoms with E-state index >= 15 is 0 Å². The fraction of sp³-hybridized carbons (Fsp3) is 0.500. The molecule has 3 heteroatoms. The largest absolute Gasteiger partial charge is 0.307 e. The maximum atomic E-state index is 7.31. The highest BCUT2D eigenvalue weighted by Gasteiger charge is 2.43. The molecular formula is C10H13N3. The standard InChI is InChI=1S/C10H13N3/c1-7-3-4-8-6-12-13-9(5-11)10(7,8)2/h3,5-6,8,11H,4H2,1-2H3. The maximum absolute atomic E-state index is 7.31. The predicted octanol–water partition coefficient (Wildman–Crippen LogP) is 2.05. The van der Waals surface area contributed by atoms with E-state index in [1.807, 2.05) is 6.21 Å². The molecule has 1 N–H and O–H groups in total. The van der Waals surface area contributed by atoms with Crippen LogP contribution >= 0.6 is 0 Å². The molecule has 0 radical (unpaired) electrons. The molecule has 0 aromatic carbocycles. The van der Waals surface area contributed by atoms with Gasteiger partial charge in [-0.05, 0) is 20.3 Å². The highest BCUT2D eigenvalue weighted by atomic mass is 15.2. The van der Waals surface area contributed by atoms with Gasteiger partial charge in [-0.2, -0.15) is 10.2 Å². The van der Waals surface area contributed by atoms with Gasteiger partial charge in [-0.15, -0.1) is 0 Å². The first-order valence-electron chi connectivity index (χ1n) is 4.49. The van der Waals surface area contributed by atoms with E-state index in [9.17, 15) is 0 Å². The zero-order chi connectivity index (χ0) is 9.47. The molecule has 2 aliphatic rings. The van der Waals surface area contributed by atoms with E-state index in [4.69, 9.17) is 5.41 Å². The fourth-order valence-corrected chi connectivity index (χ4v) is 2.10. The third kappa shape index (κ3) is 0.930. The first kappa shape index (κ1) is 8.35. The van der Waals surface area contributed by atoms with Gasteiger partial charge in [0, 0.05) is 23.8 Å². The van der Waals surface area contributed by atoms with Crippen LogP contribution in [0.25, 0.3) is 0 Å². The van der Waals surface area contributed by atoms with E-state index in [2.05, 4.69) is 30.1 Å². The summed E-state index contributed by atoms with van der Waals surface area (Å²) in [5.74, 6) is 0.404. The number of hydrogen-bond donors (Lipinski definition) is 1. The molecule has 13 heavy (non-hydrogen) atoms. The number of fused-ring (bicyclic) bond motifs is 1. The third-order valence-electron chi connectivity index (χ3n) is 3.32. The second kappa shape index (κ2) is 2.62. The van der Waals surface area contributed by atoms with Gasteiger partial charge >= 0.3 is 0 Å². The van der Waals surface area contributed by atoms with Crippen LogP contribution in [0.15, 0.2) is 21.9 Å². The van der Waals surface area contributed by atoms with E-state index in [1.165, 1.54) is 11.8 Å². The van der Waals surface area contributed by atoms with Gasteiger partial charge in [0.2, 0.25) is 0 Å². The molecule has 68 valence electrons. The van der Waals surface area contributed by atoms with Crippen molar-refractivity contribution in [3.8, 4) is 0 Å². The van der Waals surface area contributed by atoms with Crippen molar-refractivity contribution in [2.75, 3.05) is 0 Å². The normalized spacial score (nSPS) is 36.6. The number of nitrogens with zero attached hydrogens (tertiary/aromatic N) is 2. The van der Waals surface area contributed by atoms with Gasteiger partial charge in [0.15, 0.2) is 0 Å². The van der Waals surface area contributed by atoms with E-state index < -0.39 is 0 Å². The SMILES string of the molecule is CC1=CCC2C=NN=C(C=N)C12C. The zero-order valence-electron chi connectivity index (χ0n) is 7.91. The van der Waals surface area contributed by atoms with Crippen LogP contribution in [0.5, 0.6) is 0 Å². The molecule has 0 spiro atoms. The van der Waals surface area contributed by atoms with Crippen molar-refractivity contribution in [3.63, 3.8) is 0 Å². The Kier molecular flexibility index (Phi) is 1.68. The summed E-state index contributed by atoms with van der Waals surface area (Å²) >= 11 is 0. The lowest BCUT2D eigenvalue weighted by atomic mass is 9.72. The van der Waals surface area contributed by atoms with Crippen molar-refractivity contribution >= 4 is 18.1 Å². The summed E-state index contributed by atoms with van der Waals surface area (Å²) in [5, 5.41) is 15.3. The number of nitrogens with one attached hydrogen (secondary N) is 1. The van der Waals surface area contributed by atoms with Gasteiger partial charge in [-0.1, -0.05) is 11.6 Å². The molecular weight excluding hydrogens is 162 g/mol. The first-order valence-corrected chi connectivity index (χ1v) is 4.49. The number of allylic oxidation sites excluding steroid dienone is 2. The summed E-state index contributed by atoms with van der Waals surface area (Å²) in [6.07, 6.45) is 6.48. The second-order valence-corrected chi connectivity index (χ2v) is 3.83. The van der Waals surface area contributed by atoms with Gasteiger partial charge in [-0.25, -0.2) is 0 Å². The molecule has 1 aliphatic carbocycles. The molecule has 0 aromatic rings. The Morgan fingerprint density at radius 3 is 3.15 bits per heavy atom. The maximum Gasteiger partial charge on any atom is 0.0911 e. The number of hydrogen-bond acceptors (Lipinski definition) is 3. The zero-order valence-corrected chi connectivity index (χ0v) is 7.91. The van der Waals surface area contributed by atoms with Gasteiger partial charge in [0.05, 0.1) is 5.71 Å².